The number of nitrogens with zero attached hydrogens (tertiary/aromatic N) is 5. The molecule has 2 aliphatic rings. The summed E-state index contributed by atoms with van der Waals surface area (Å²) in [6.07, 6.45) is 6.60. The van der Waals surface area contributed by atoms with Gasteiger partial charge in [0, 0.05) is 51.0 Å². The highest BCUT2D eigenvalue weighted by molar-refractivity contribution is 4.98. The van der Waals surface area contributed by atoms with Gasteiger partial charge in [0.1, 0.15) is 0 Å². The minimum absolute atomic E-state index is 0.0345. The fraction of sp³-hybridized carbons (Fsp3) is 0.737. The quantitative estimate of drug-likeness (QED) is 0.826. The van der Waals surface area contributed by atoms with Gasteiger partial charge in [0.15, 0.2) is 5.82 Å². The van der Waals surface area contributed by atoms with Crippen molar-refractivity contribution >= 4 is 0 Å². The number of ether oxygens (including phenoxy) is 1. The Kier molecular flexibility index (Phi) is 5.56. The van der Waals surface area contributed by atoms with Crippen molar-refractivity contribution < 1.29 is 9.26 Å². The summed E-state index contributed by atoms with van der Waals surface area (Å²) >= 11 is 0. The highest BCUT2D eigenvalue weighted by atomic mass is 16.5. The maximum Gasteiger partial charge on any atom is 0.226 e. The number of H-pyrrole nitrogens is 1. The molecule has 2 aromatic rings. The first-order chi connectivity index (χ1) is 13.1. The lowest BCUT2D eigenvalue weighted by Crippen LogP contribution is -2.56. The van der Waals surface area contributed by atoms with E-state index in [0.717, 1.165) is 76.9 Å². The predicted molar refractivity (Wildman–Crippen MR) is 99.9 cm³/mol. The molecule has 0 radical (unpaired) electrons. The van der Waals surface area contributed by atoms with E-state index < -0.39 is 0 Å². The Labute approximate surface area is 160 Å². The van der Waals surface area contributed by atoms with Gasteiger partial charge in [-0.25, -0.2) is 4.98 Å². The Morgan fingerprint density at radius 3 is 2.78 bits per heavy atom. The van der Waals surface area contributed by atoms with E-state index in [9.17, 15) is 0 Å². The first kappa shape index (κ1) is 18.6. The smallest absolute Gasteiger partial charge is 0.226 e. The molecule has 1 spiro atoms. The molecule has 0 aliphatic carbocycles. The predicted octanol–water partition coefficient (Wildman–Crippen LogP) is 1.86. The van der Waals surface area contributed by atoms with Gasteiger partial charge >= 0.3 is 0 Å². The van der Waals surface area contributed by atoms with Crippen molar-refractivity contribution in [1.82, 2.24) is 29.9 Å². The van der Waals surface area contributed by atoms with Crippen molar-refractivity contribution in [3.05, 3.63) is 29.9 Å². The molecule has 2 fully saturated rings. The second kappa shape index (κ2) is 8.08. The topological polar surface area (TPSA) is 83.3 Å². The van der Waals surface area contributed by atoms with Crippen LogP contribution in [0.15, 0.2) is 17.0 Å². The second-order valence-electron chi connectivity index (χ2n) is 8.30. The first-order valence-electron chi connectivity index (χ1n) is 9.98. The molecule has 0 unspecified atom stereocenters. The molecule has 27 heavy (non-hydrogen) atoms. The third-order valence-electron chi connectivity index (χ3n) is 5.50. The lowest BCUT2D eigenvalue weighted by Gasteiger charge is -2.47. The summed E-state index contributed by atoms with van der Waals surface area (Å²) in [4.78, 5) is 16.7. The van der Waals surface area contributed by atoms with Crippen LogP contribution in [0.25, 0.3) is 0 Å². The van der Waals surface area contributed by atoms with Crippen molar-refractivity contribution in [2.45, 2.75) is 51.8 Å². The van der Waals surface area contributed by atoms with Crippen molar-refractivity contribution in [1.29, 1.82) is 0 Å². The SMILES string of the molecule is CC(C)Cc1nc(CN2CCOC3(CCN(Cc4cnc[nH]4)CC3)C2)no1. The van der Waals surface area contributed by atoms with E-state index in [1.54, 1.807) is 6.33 Å². The summed E-state index contributed by atoms with van der Waals surface area (Å²) < 4.78 is 11.6. The van der Waals surface area contributed by atoms with Crippen LogP contribution in [-0.2, 0) is 24.2 Å². The van der Waals surface area contributed by atoms with Gasteiger partial charge in [-0.15, -0.1) is 0 Å². The van der Waals surface area contributed by atoms with E-state index in [1.165, 1.54) is 5.69 Å². The maximum atomic E-state index is 6.26. The molecule has 4 heterocycles. The fourth-order valence-electron chi connectivity index (χ4n) is 4.08. The number of nitrogens with one attached hydrogen (secondary N) is 1. The lowest BCUT2D eigenvalue weighted by atomic mass is 9.89. The number of piperidine rings is 1. The second-order valence-corrected chi connectivity index (χ2v) is 8.30. The normalized spacial score (nSPS) is 21.3. The van der Waals surface area contributed by atoms with Gasteiger partial charge in [0.2, 0.25) is 5.89 Å². The van der Waals surface area contributed by atoms with Gasteiger partial charge in [0.25, 0.3) is 0 Å². The Morgan fingerprint density at radius 1 is 1.19 bits per heavy atom. The molecular weight excluding hydrogens is 344 g/mol. The Balaban J connectivity index is 1.29. The molecule has 0 bridgehead atoms. The molecule has 148 valence electrons. The average Bonchev–Trinajstić information content (AvgIpc) is 3.29. The molecular formula is C19H30N6O2. The lowest BCUT2D eigenvalue weighted by molar-refractivity contribution is -0.138. The maximum absolute atomic E-state index is 6.26. The van der Waals surface area contributed by atoms with Crippen molar-refractivity contribution in [2.24, 2.45) is 5.92 Å². The van der Waals surface area contributed by atoms with Crippen LogP contribution < -0.4 is 0 Å². The van der Waals surface area contributed by atoms with E-state index in [0.29, 0.717) is 5.92 Å². The minimum Gasteiger partial charge on any atom is -0.372 e. The summed E-state index contributed by atoms with van der Waals surface area (Å²) in [6.45, 7) is 10.7. The number of imidazole rings is 1. The van der Waals surface area contributed by atoms with Gasteiger partial charge in [-0.2, -0.15) is 4.98 Å². The van der Waals surface area contributed by atoms with Crippen LogP contribution in [0.3, 0.4) is 0 Å². The van der Waals surface area contributed by atoms with Gasteiger partial charge in [-0.3, -0.25) is 9.80 Å². The van der Waals surface area contributed by atoms with Gasteiger partial charge in [0.05, 0.1) is 25.1 Å². The molecule has 0 saturated carbocycles. The Hall–Kier alpha value is -1.77. The molecule has 8 heteroatoms. The van der Waals surface area contributed by atoms with Gasteiger partial charge in [-0.05, 0) is 18.8 Å². The summed E-state index contributed by atoms with van der Waals surface area (Å²) in [5.74, 6) is 2.06. The molecule has 1 N–H and O–H groups in total. The molecule has 8 nitrogen and oxygen atoms in total. The number of aromatic amines is 1. The van der Waals surface area contributed by atoms with E-state index >= 15 is 0 Å². The number of rotatable bonds is 6. The summed E-state index contributed by atoms with van der Waals surface area (Å²) in [5, 5.41) is 4.16. The monoisotopic (exact) mass is 374 g/mol. The summed E-state index contributed by atoms with van der Waals surface area (Å²) in [5.41, 5.74) is 1.14. The third kappa shape index (κ3) is 4.75. The van der Waals surface area contributed by atoms with E-state index in [-0.39, 0.29) is 5.60 Å². The number of hydrogen-bond donors (Lipinski definition) is 1. The molecule has 2 saturated heterocycles. The molecule has 0 amide bonds. The molecule has 0 aromatic carbocycles. The summed E-state index contributed by atoms with van der Waals surface area (Å²) in [7, 11) is 0. The van der Waals surface area contributed by atoms with E-state index in [4.69, 9.17) is 9.26 Å². The largest absolute Gasteiger partial charge is 0.372 e. The zero-order valence-electron chi connectivity index (χ0n) is 16.4. The van der Waals surface area contributed by atoms with Crippen molar-refractivity contribution in [2.75, 3.05) is 32.8 Å². The number of morpholine rings is 1. The third-order valence-corrected chi connectivity index (χ3v) is 5.50. The van der Waals surface area contributed by atoms with Crippen LogP contribution in [0, 0.1) is 5.92 Å². The standard InChI is InChI=1S/C19H30N6O2/c1-15(2)9-18-22-17(23-27-18)12-25-7-8-26-19(13-25)3-5-24(6-4-19)11-16-10-20-14-21-16/h10,14-15H,3-9,11-13H2,1-2H3,(H,20,21). The highest BCUT2D eigenvalue weighted by Crippen LogP contribution is 2.31. The van der Waals surface area contributed by atoms with Crippen LogP contribution in [0.4, 0.5) is 0 Å². The molecule has 2 aromatic heterocycles. The van der Waals surface area contributed by atoms with Crippen molar-refractivity contribution in [3.63, 3.8) is 0 Å². The molecule has 0 atom stereocenters. The zero-order chi connectivity index (χ0) is 18.7. The van der Waals surface area contributed by atoms with Gasteiger partial charge < -0.3 is 14.2 Å². The highest BCUT2D eigenvalue weighted by Gasteiger charge is 2.39. The van der Waals surface area contributed by atoms with E-state index in [1.807, 2.05) is 6.20 Å². The summed E-state index contributed by atoms with van der Waals surface area (Å²) in [6, 6.07) is 0. The Bertz CT molecular complexity index is 706. The van der Waals surface area contributed by atoms with Crippen LogP contribution in [0.1, 0.15) is 44.1 Å². The number of hydrogen-bond acceptors (Lipinski definition) is 7. The zero-order valence-corrected chi connectivity index (χ0v) is 16.4. The first-order valence-corrected chi connectivity index (χ1v) is 9.98. The molecule has 4 rings (SSSR count). The van der Waals surface area contributed by atoms with Crippen molar-refractivity contribution in [3.8, 4) is 0 Å². The van der Waals surface area contributed by atoms with Crippen LogP contribution in [-0.4, -0.2) is 68.3 Å². The van der Waals surface area contributed by atoms with Crippen LogP contribution in [0.2, 0.25) is 0 Å². The van der Waals surface area contributed by atoms with Gasteiger partial charge in [-0.1, -0.05) is 19.0 Å². The number of aromatic nitrogens is 4. The minimum atomic E-state index is -0.0345. The van der Waals surface area contributed by atoms with E-state index in [2.05, 4.69) is 43.8 Å². The Morgan fingerprint density at radius 2 is 2.04 bits per heavy atom. The molecule has 2 aliphatic heterocycles. The number of likely N-dealkylation sites (tertiary alicyclic amines) is 1. The average molecular weight is 374 g/mol. The van der Waals surface area contributed by atoms with Crippen LogP contribution in [0.5, 0.6) is 0 Å². The van der Waals surface area contributed by atoms with Crippen LogP contribution >= 0.6 is 0 Å². The fourth-order valence-corrected chi connectivity index (χ4v) is 4.08.